The van der Waals surface area contributed by atoms with Crippen LogP contribution in [0.5, 0.6) is 0 Å². The van der Waals surface area contributed by atoms with Gasteiger partial charge < -0.3 is 0 Å². The van der Waals surface area contributed by atoms with Crippen molar-refractivity contribution < 1.29 is 26.7 Å². The van der Waals surface area contributed by atoms with Crippen LogP contribution < -0.4 is 0 Å². The van der Waals surface area contributed by atoms with Gasteiger partial charge in [-0.2, -0.15) is 0 Å². The number of rotatable bonds is 10. The summed E-state index contributed by atoms with van der Waals surface area (Å²) in [5, 5.41) is 0. The molecule has 0 unspecified atom stereocenters. The number of ketones is 2. The van der Waals surface area contributed by atoms with Gasteiger partial charge in [-0.05, 0) is 12.8 Å². The van der Waals surface area contributed by atoms with E-state index in [1.54, 1.807) is 0 Å². The first-order chi connectivity index (χ1) is 7.20. The first-order valence-corrected chi connectivity index (χ1v) is 6.24. The Hall–Kier alpha value is -0.141. The van der Waals surface area contributed by atoms with Crippen molar-refractivity contribution in [3.8, 4) is 0 Å². The van der Waals surface area contributed by atoms with E-state index in [9.17, 15) is 9.59 Å². The van der Waals surface area contributed by atoms with Crippen LogP contribution in [0, 0.1) is 0 Å². The Kier molecular flexibility index (Phi) is 14.7. The molecule has 0 rings (SSSR count). The fourth-order valence-electron chi connectivity index (χ4n) is 1.54. The van der Waals surface area contributed by atoms with Crippen LogP contribution >= 0.6 is 0 Å². The van der Waals surface area contributed by atoms with Crippen molar-refractivity contribution >= 4 is 11.6 Å². The summed E-state index contributed by atoms with van der Waals surface area (Å²) in [4.78, 5) is 22.7. The smallest absolute Gasteiger partial charge is 0.140 e. The van der Waals surface area contributed by atoms with E-state index in [-0.39, 0.29) is 35.1 Å². The van der Waals surface area contributed by atoms with Crippen molar-refractivity contribution in [2.75, 3.05) is 0 Å². The van der Waals surface area contributed by atoms with E-state index in [2.05, 4.69) is 13.8 Å². The second-order valence-corrected chi connectivity index (χ2v) is 4.17. The fourth-order valence-corrected chi connectivity index (χ4v) is 1.54. The molecule has 96 valence electrons. The number of hydrogen-bond acceptors (Lipinski definition) is 2. The van der Waals surface area contributed by atoms with E-state index in [0.29, 0.717) is 12.8 Å². The maximum Gasteiger partial charge on any atom is 0.140 e. The summed E-state index contributed by atoms with van der Waals surface area (Å²) in [6, 6.07) is 0. The zero-order valence-corrected chi connectivity index (χ0v) is 11.6. The number of Topliss-reactive ketones (excluding diaryl/α,β-unsaturated/α-hetero) is 2. The Balaban J connectivity index is 0. The molecule has 0 aliphatic carbocycles. The average Bonchev–Trinajstić information content (AvgIpc) is 2.18. The van der Waals surface area contributed by atoms with E-state index >= 15 is 0 Å². The zero-order chi connectivity index (χ0) is 11.5. The van der Waals surface area contributed by atoms with Crippen molar-refractivity contribution in [3.63, 3.8) is 0 Å². The predicted octanol–water partition coefficient (Wildman–Crippen LogP) is 3.67. The van der Waals surface area contributed by atoms with Crippen LogP contribution in [-0.4, -0.2) is 11.6 Å². The molecule has 0 aromatic heterocycles. The standard InChI is InChI=1S/C13H24O2.Fe/c1-3-5-7-9-12(14)11-13(15)10-8-6-4-2;/h3-11H2,1-2H3;. The Labute approximate surface area is 110 Å². The molecule has 0 aromatic rings. The van der Waals surface area contributed by atoms with E-state index in [1.165, 1.54) is 0 Å². The first kappa shape index (κ1) is 18.2. The SMILES string of the molecule is CCCCCC(=O)CC(=O)CCCCC.[Fe]. The van der Waals surface area contributed by atoms with E-state index in [1.807, 2.05) is 0 Å². The molecule has 0 spiro atoms. The summed E-state index contributed by atoms with van der Waals surface area (Å²) in [7, 11) is 0. The minimum Gasteiger partial charge on any atom is -0.299 e. The molecule has 0 amide bonds. The molecule has 0 N–H and O–H groups in total. The second-order valence-electron chi connectivity index (χ2n) is 4.17. The van der Waals surface area contributed by atoms with Gasteiger partial charge in [-0.15, -0.1) is 0 Å². The number of hydrogen-bond donors (Lipinski definition) is 0. The van der Waals surface area contributed by atoms with Gasteiger partial charge >= 0.3 is 0 Å². The molecule has 0 atom stereocenters. The molecule has 16 heavy (non-hydrogen) atoms. The van der Waals surface area contributed by atoms with Gasteiger partial charge in [0, 0.05) is 29.9 Å². The third-order valence-electron chi connectivity index (χ3n) is 2.51. The monoisotopic (exact) mass is 268 g/mol. The summed E-state index contributed by atoms with van der Waals surface area (Å²) in [6.45, 7) is 4.22. The summed E-state index contributed by atoms with van der Waals surface area (Å²) in [6.07, 6.45) is 7.67. The molecule has 0 heterocycles. The van der Waals surface area contributed by atoms with Crippen LogP contribution in [0.3, 0.4) is 0 Å². The predicted molar refractivity (Wildman–Crippen MR) is 62.9 cm³/mol. The van der Waals surface area contributed by atoms with Gasteiger partial charge in [0.2, 0.25) is 0 Å². The Bertz CT molecular complexity index is 170. The van der Waals surface area contributed by atoms with Gasteiger partial charge in [0.05, 0.1) is 6.42 Å². The topological polar surface area (TPSA) is 34.1 Å². The summed E-state index contributed by atoms with van der Waals surface area (Å²) in [5.74, 6) is 0.259. The third-order valence-corrected chi connectivity index (χ3v) is 2.51. The minimum absolute atomic E-state index is 0. The van der Waals surface area contributed by atoms with Crippen LogP contribution in [0.15, 0.2) is 0 Å². The molecule has 2 nitrogen and oxygen atoms in total. The molecule has 0 radical (unpaired) electrons. The van der Waals surface area contributed by atoms with Gasteiger partial charge in [-0.1, -0.05) is 39.5 Å². The van der Waals surface area contributed by atoms with Gasteiger partial charge in [-0.3, -0.25) is 9.59 Å². The zero-order valence-electron chi connectivity index (χ0n) is 10.5. The minimum atomic E-state index is 0. The van der Waals surface area contributed by atoms with Gasteiger partial charge in [0.25, 0.3) is 0 Å². The quantitative estimate of drug-likeness (QED) is 0.344. The van der Waals surface area contributed by atoms with Crippen LogP contribution in [0.25, 0.3) is 0 Å². The fraction of sp³-hybridized carbons (Fsp3) is 0.846. The number of carbonyl (C=O) groups excluding carboxylic acids is 2. The molecular formula is C13H24FeO2. The normalized spacial score (nSPS) is 9.62. The Morgan fingerprint density at radius 3 is 1.44 bits per heavy atom. The summed E-state index contributed by atoms with van der Waals surface area (Å²) < 4.78 is 0. The number of carbonyl (C=O) groups is 2. The molecule has 0 saturated heterocycles. The molecule has 0 saturated carbocycles. The van der Waals surface area contributed by atoms with Gasteiger partial charge in [-0.25, -0.2) is 0 Å². The van der Waals surface area contributed by atoms with E-state index < -0.39 is 0 Å². The molecule has 0 fully saturated rings. The van der Waals surface area contributed by atoms with Crippen LogP contribution in [0.1, 0.15) is 71.6 Å². The summed E-state index contributed by atoms with van der Waals surface area (Å²) >= 11 is 0. The van der Waals surface area contributed by atoms with Crippen molar-refractivity contribution in [2.24, 2.45) is 0 Å². The van der Waals surface area contributed by atoms with Crippen molar-refractivity contribution in [1.82, 2.24) is 0 Å². The average molecular weight is 268 g/mol. The maximum atomic E-state index is 11.3. The van der Waals surface area contributed by atoms with E-state index in [0.717, 1.165) is 38.5 Å². The first-order valence-electron chi connectivity index (χ1n) is 6.24. The molecule has 0 aliphatic heterocycles. The molecule has 0 bridgehead atoms. The van der Waals surface area contributed by atoms with Crippen LogP contribution in [0.2, 0.25) is 0 Å². The maximum absolute atomic E-state index is 11.3. The van der Waals surface area contributed by atoms with Crippen LogP contribution in [0.4, 0.5) is 0 Å². The molecule has 0 aliphatic rings. The molecule has 0 aromatic carbocycles. The van der Waals surface area contributed by atoms with Crippen LogP contribution in [-0.2, 0) is 26.7 Å². The third kappa shape index (κ3) is 11.9. The van der Waals surface area contributed by atoms with E-state index in [4.69, 9.17) is 0 Å². The Morgan fingerprint density at radius 1 is 0.750 bits per heavy atom. The summed E-state index contributed by atoms with van der Waals surface area (Å²) in [5.41, 5.74) is 0. The van der Waals surface area contributed by atoms with Crippen molar-refractivity contribution in [3.05, 3.63) is 0 Å². The second kappa shape index (κ2) is 12.9. The molecular weight excluding hydrogens is 244 g/mol. The largest absolute Gasteiger partial charge is 0.299 e. The molecule has 3 heteroatoms. The van der Waals surface area contributed by atoms with Gasteiger partial charge in [0.1, 0.15) is 11.6 Å². The van der Waals surface area contributed by atoms with Crippen molar-refractivity contribution in [1.29, 1.82) is 0 Å². The van der Waals surface area contributed by atoms with Gasteiger partial charge in [0.15, 0.2) is 0 Å². The number of unbranched alkanes of at least 4 members (excludes halogenated alkanes) is 4. The van der Waals surface area contributed by atoms with Crippen molar-refractivity contribution in [2.45, 2.75) is 71.6 Å². The Morgan fingerprint density at radius 2 is 1.12 bits per heavy atom.